The Hall–Kier alpha value is -0.890. The van der Waals surface area contributed by atoms with Gasteiger partial charge in [-0.15, -0.1) is 6.58 Å². The van der Waals surface area contributed by atoms with E-state index in [0.717, 1.165) is 10.0 Å². The van der Waals surface area contributed by atoms with Crippen molar-refractivity contribution in [3.63, 3.8) is 0 Å². The smallest absolute Gasteiger partial charge is 0.167 e. The summed E-state index contributed by atoms with van der Waals surface area (Å²) in [6.07, 6.45) is 2.00. The minimum atomic E-state index is 0.0949. The molecule has 0 N–H and O–H groups in total. The molecule has 1 aromatic rings. The maximum absolute atomic E-state index is 11.4. The van der Waals surface area contributed by atoms with Crippen molar-refractivity contribution in [2.75, 3.05) is 0 Å². The molecule has 0 aliphatic rings. The third-order valence-corrected chi connectivity index (χ3v) is 2.20. The average Bonchev–Trinajstić information content (AvgIpc) is 2.05. The third-order valence-electron chi connectivity index (χ3n) is 1.50. The van der Waals surface area contributed by atoms with E-state index < -0.39 is 0 Å². The summed E-state index contributed by atoms with van der Waals surface area (Å²) in [5.41, 5.74) is 0.720. The van der Waals surface area contributed by atoms with Crippen LogP contribution in [0.4, 0.5) is 0 Å². The summed E-state index contributed by atoms with van der Waals surface area (Å²) in [7, 11) is 0. The van der Waals surface area contributed by atoms with Crippen molar-refractivity contribution < 1.29 is 4.79 Å². The molecular formula is C10H9BrO. The van der Waals surface area contributed by atoms with E-state index in [1.807, 2.05) is 18.2 Å². The quantitative estimate of drug-likeness (QED) is 0.570. The monoisotopic (exact) mass is 224 g/mol. The molecule has 0 saturated carbocycles. The van der Waals surface area contributed by atoms with Gasteiger partial charge in [0.15, 0.2) is 5.78 Å². The van der Waals surface area contributed by atoms with Gasteiger partial charge in [-0.05, 0) is 6.07 Å². The molecule has 1 nitrogen and oxygen atoms in total. The molecule has 62 valence electrons. The van der Waals surface area contributed by atoms with Crippen LogP contribution in [0, 0.1) is 0 Å². The van der Waals surface area contributed by atoms with E-state index in [1.165, 1.54) is 0 Å². The van der Waals surface area contributed by atoms with Crippen LogP contribution in [-0.4, -0.2) is 5.78 Å². The van der Waals surface area contributed by atoms with E-state index in [1.54, 1.807) is 12.1 Å². The molecule has 2 heteroatoms. The van der Waals surface area contributed by atoms with Crippen LogP contribution in [-0.2, 0) is 0 Å². The molecule has 1 aromatic carbocycles. The first kappa shape index (κ1) is 9.20. The minimum absolute atomic E-state index is 0.0949. The Bertz CT molecular complexity index is 304. The number of hydrogen-bond donors (Lipinski definition) is 0. The zero-order valence-corrected chi connectivity index (χ0v) is 8.17. The number of ketones is 1. The molecule has 0 unspecified atom stereocenters. The second-order valence-corrected chi connectivity index (χ2v) is 3.25. The number of hydrogen-bond acceptors (Lipinski definition) is 1. The van der Waals surface area contributed by atoms with Crippen LogP contribution in [0.25, 0.3) is 0 Å². The van der Waals surface area contributed by atoms with Gasteiger partial charge in [-0.2, -0.15) is 0 Å². The molecule has 1 rings (SSSR count). The fraction of sp³-hybridized carbons (Fsp3) is 0.100. The predicted octanol–water partition coefficient (Wildman–Crippen LogP) is 3.21. The van der Waals surface area contributed by atoms with E-state index in [0.29, 0.717) is 6.42 Å². The Kier molecular flexibility index (Phi) is 3.23. The van der Waals surface area contributed by atoms with Crippen LogP contribution in [0.15, 0.2) is 41.4 Å². The summed E-state index contributed by atoms with van der Waals surface area (Å²) >= 11 is 3.31. The van der Waals surface area contributed by atoms with Gasteiger partial charge >= 0.3 is 0 Å². The van der Waals surface area contributed by atoms with Crippen molar-refractivity contribution in [2.24, 2.45) is 0 Å². The maximum atomic E-state index is 11.4. The second-order valence-electron chi connectivity index (χ2n) is 2.40. The molecule has 12 heavy (non-hydrogen) atoms. The van der Waals surface area contributed by atoms with Crippen LogP contribution in [0.3, 0.4) is 0 Å². The van der Waals surface area contributed by atoms with E-state index in [4.69, 9.17) is 0 Å². The molecule has 0 atom stereocenters. The van der Waals surface area contributed by atoms with Gasteiger partial charge < -0.3 is 0 Å². The number of carbonyl (C=O) groups excluding carboxylic acids is 1. The second kappa shape index (κ2) is 4.21. The topological polar surface area (TPSA) is 17.1 Å². The number of halogens is 1. The van der Waals surface area contributed by atoms with Crippen LogP contribution in [0.2, 0.25) is 0 Å². The van der Waals surface area contributed by atoms with Crippen LogP contribution < -0.4 is 0 Å². The summed E-state index contributed by atoms with van der Waals surface area (Å²) in [6, 6.07) is 7.39. The lowest BCUT2D eigenvalue weighted by molar-refractivity contribution is 0.0995. The van der Waals surface area contributed by atoms with E-state index >= 15 is 0 Å². The number of carbonyl (C=O) groups is 1. The molecule has 0 aromatic heterocycles. The van der Waals surface area contributed by atoms with E-state index in [9.17, 15) is 4.79 Å². The Morgan fingerprint density at radius 1 is 1.50 bits per heavy atom. The van der Waals surface area contributed by atoms with Crippen molar-refractivity contribution in [3.8, 4) is 0 Å². The lowest BCUT2D eigenvalue weighted by Crippen LogP contribution is -1.97. The lowest BCUT2D eigenvalue weighted by atomic mass is 10.1. The summed E-state index contributed by atoms with van der Waals surface area (Å²) in [5.74, 6) is 0.0949. The molecule has 0 aliphatic heterocycles. The average molecular weight is 225 g/mol. The Labute approximate surface area is 80.2 Å². The van der Waals surface area contributed by atoms with Gasteiger partial charge in [-0.3, -0.25) is 4.79 Å². The molecule has 0 bridgehead atoms. The highest BCUT2D eigenvalue weighted by Crippen LogP contribution is 2.17. The minimum Gasteiger partial charge on any atom is -0.294 e. The van der Waals surface area contributed by atoms with Crippen LogP contribution in [0.5, 0.6) is 0 Å². The van der Waals surface area contributed by atoms with Gasteiger partial charge in [0.05, 0.1) is 0 Å². The van der Waals surface area contributed by atoms with Gasteiger partial charge in [0, 0.05) is 16.5 Å². The highest BCUT2D eigenvalue weighted by atomic mass is 79.9. The summed E-state index contributed by atoms with van der Waals surface area (Å²) in [6.45, 7) is 3.52. The first-order valence-corrected chi connectivity index (χ1v) is 4.43. The predicted molar refractivity (Wildman–Crippen MR) is 53.3 cm³/mol. The highest BCUT2D eigenvalue weighted by Gasteiger charge is 2.05. The highest BCUT2D eigenvalue weighted by molar-refractivity contribution is 9.10. The lowest BCUT2D eigenvalue weighted by Gasteiger charge is -1.99. The molecule has 0 spiro atoms. The van der Waals surface area contributed by atoms with Crippen molar-refractivity contribution in [2.45, 2.75) is 6.42 Å². The largest absolute Gasteiger partial charge is 0.294 e. The van der Waals surface area contributed by atoms with E-state index in [2.05, 4.69) is 22.5 Å². The zero-order valence-electron chi connectivity index (χ0n) is 6.59. The summed E-state index contributed by atoms with van der Waals surface area (Å²) in [4.78, 5) is 11.4. The number of benzene rings is 1. The Balaban J connectivity index is 2.94. The molecule has 0 radical (unpaired) electrons. The van der Waals surface area contributed by atoms with Gasteiger partial charge in [0.1, 0.15) is 0 Å². The van der Waals surface area contributed by atoms with Crippen molar-refractivity contribution >= 4 is 21.7 Å². The first-order valence-electron chi connectivity index (χ1n) is 3.64. The fourth-order valence-electron chi connectivity index (χ4n) is 0.928. The van der Waals surface area contributed by atoms with E-state index in [-0.39, 0.29) is 5.78 Å². The van der Waals surface area contributed by atoms with Crippen LogP contribution >= 0.6 is 15.9 Å². The molecular weight excluding hydrogens is 216 g/mol. The number of allylic oxidation sites excluding steroid dienone is 1. The first-order chi connectivity index (χ1) is 5.75. The molecule has 0 saturated heterocycles. The maximum Gasteiger partial charge on any atom is 0.167 e. The molecule has 0 fully saturated rings. The number of Topliss-reactive ketones (excluding diaryl/α,β-unsaturated/α-hetero) is 1. The molecule has 0 amide bonds. The van der Waals surface area contributed by atoms with Crippen LogP contribution in [0.1, 0.15) is 16.8 Å². The normalized spacial score (nSPS) is 9.42. The summed E-state index contributed by atoms with van der Waals surface area (Å²) in [5, 5.41) is 0. The Morgan fingerprint density at radius 2 is 2.17 bits per heavy atom. The van der Waals surface area contributed by atoms with Gasteiger partial charge in [-0.25, -0.2) is 0 Å². The fourth-order valence-corrected chi connectivity index (χ4v) is 1.43. The van der Waals surface area contributed by atoms with Crippen molar-refractivity contribution in [1.82, 2.24) is 0 Å². The van der Waals surface area contributed by atoms with Gasteiger partial charge in [0.2, 0.25) is 0 Å². The number of rotatable bonds is 3. The molecule has 0 heterocycles. The standard InChI is InChI=1S/C10H9BrO/c1-2-5-10(12)8-6-3-4-7-9(8)11/h2-4,6-7H,1,5H2. The van der Waals surface area contributed by atoms with Crippen molar-refractivity contribution in [1.29, 1.82) is 0 Å². The SMILES string of the molecule is C=CCC(=O)c1ccccc1Br. The molecule has 0 aliphatic carbocycles. The zero-order chi connectivity index (χ0) is 8.97. The third kappa shape index (κ3) is 2.05. The van der Waals surface area contributed by atoms with Gasteiger partial charge in [-0.1, -0.05) is 40.2 Å². The van der Waals surface area contributed by atoms with Crippen molar-refractivity contribution in [3.05, 3.63) is 47.0 Å². The summed E-state index contributed by atoms with van der Waals surface area (Å²) < 4.78 is 0.844. The Morgan fingerprint density at radius 3 is 2.75 bits per heavy atom. The van der Waals surface area contributed by atoms with Gasteiger partial charge in [0.25, 0.3) is 0 Å².